The number of fused-ring (bicyclic) bond motifs is 2. The molecule has 5 nitrogen and oxygen atoms in total. The number of benzene rings is 1. The van der Waals surface area contributed by atoms with Crippen molar-refractivity contribution < 1.29 is 9.53 Å². The van der Waals surface area contributed by atoms with E-state index in [-0.39, 0.29) is 16.7 Å². The second-order valence-corrected chi connectivity index (χ2v) is 9.31. The Bertz CT molecular complexity index is 870. The fourth-order valence-corrected chi connectivity index (χ4v) is 5.28. The molecule has 142 valence electrons. The summed E-state index contributed by atoms with van der Waals surface area (Å²) in [6.07, 6.45) is 5.33. The molecule has 0 aromatic heterocycles. The van der Waals surface area contributed by atoms with Gasteiger partial charge in [-0.05, 0) is 66.1 Å². The van der Waals surface area contributed by atoms with Gasteiger partial charge in [-0.25, -0.2) is 0 Å². The molecule has 0 unspecified atom stereocenters. The van der Waals surface area contributed by atoms with Crippen molar-refractivity contribution >= 4 is 34.6 Å². The van der Waals surface area contributed by atoms with Crippen molar-refractivity contribution in [3.8, 4) is 5.75 Å². The van der Waals surface area contributed by atoms with Gasteiger partial charge in [-0.1, -0.05) is 32.9 Å². The Labute approximate surface area is 164 Å². The van der Waals surface area contributed by atoms with Gasteiger partial charge in [-0.2, -0.15) is 5.10 Å². The van der Waals surface area contributed by atoms with Crippen LogP contribution in [0.2, 0.25) is 0 Å². The predicted octanol–water partition coefficient (Wildman–Crippen LogP) is 4.46. The molecule has 2 atom stereocenters. The zero-order valence-corrected chi connectivity index (χ0v) is 17.0. The summed E-state index contributed by atoms with van der Waals surface area (Å²) in [4.78, 5) is 12.9. The topological polar surface area (TPSA) is 63.1 Å². The standard InChI is InChI=1S/C21H25N3O2S/c1-20(2)14-9-10-21(20,3)17(12-14)23-24-19-22-18(25)16(27-19)11-13-5-7-15(26-4)8-6-13/h5-8,11,14H,9-10,12H2,1-4H3,(H,22,24,25)/b16-11+,23-17?/t14-,21-/m1/s1. The number of carbonyl (C=O) groups is 1. The molecule has 2 aliphatic carbocycles. The van der Waals surface area contributed by atoms with E-state index in [9.17, 15) is 4.79 Å². The van der Waals surface area contributed by atoms with Crippen LogP contribution in [-0.2, 0) is 4.79 Å². The lowest BCUT2D eigenvalue weighted by Crippen LogP contribution is -2.32. The Hall–Kier alpha value is -2.08. The molecule has 27 heavy (non-hydrogen) atoms. The zero-order valence-electron chi connectivity index (χ0n) is 16.2. The highest BCUT2D eigenvalue weighted by atomic mass is 32.2. The third kappa shape index (κ3) is 3.00. The first kappa shape index (κ1) is 18.3. The Morgan fingerprint density at radius 3 is 2.56 bits per heavy atom. The van der Waals surface area contributed by atoms with Crippen molar-refractivity contribution in [3.05, 3.63) is 34.7 Å². The van der Waals surface area contributed by atoms with E-state index in [0.717, 1.165) is 17.7 Å². The minimum absolute atomic E-state index is 0.122. The lowest BCUT2D eigenvalue weighted by atomic mass is 9.70. The molecular weight excluding hydrogens is 358 g/mol. The zero-order chi connectivity index (χ0) is 19.2. The van der Waals surface area contributed by atoms with Crippen LogP contribution in [0, 0.1) is 16.7 Å². The molecule has 3 fully saturated rings. The van der Waals surface area contributed by atoms with Gasteiger partial charge in [0.2, 0.25) is 0 Å². The summed E-state index contributed by atoms with van der Waals surface area (Å²) >= 11 is 1.34. The van der Waals surface area contributed by atoms with Gasteiger partial charge < -0.3 is 4.74 Å². The summed E-state index contributed by atoms with van der Waals surface area (Å²) in [5, 5.41) is 12.3. The van der Waals surface area contributed by atoms with Crippen molar-refractivity contribution in [2.45, 2.75) is 40.0 Å². The van der Waals surface area contributed by atoms with E-state index in [1.165, 1.54) is 30.3 Å². The monoisotopic (exact) mass is 383 g/mol. The van der Waals surface area contributed by atoms with Crippen LogP contribution in [0.3, 0.4) is 0 Å². The average molecular weight is 384 g/mol. The van der Waals surface area contributed by atoms with E-state index >= 15 is 0 Å². The third-order valence-corrected chi connectivity index (χ3v) is 7.74. The molecular formula is C21H25N3O2S. The highest BCUT2D eigenvalue weighted by Gasteiger charge is 2.60. The molecule has 1 aromatic rings. The SMILES string of the molecule is COc1ccc(/C=C2/SC(=NN=C3C[C@H]4CC[C@@]3(C)C4(C)C)NC2=O)cc1. The van der Waals surface area contributed by atoms with Crippen LogP contribution in [-0.4, -0.2) is 23.9 Å². The van der Waals surface area contributed by atoms with E-state index in [1.54, 1.807) is 7.11 Å². The molecule has 1 heterocycles. The van der Waals surface area contributed by atoms with E-state index < -0.39 is 0 Å². The molecule has 6 heteroatoms. The van der Waals surface area contributed by atoms with E-state index in [1.807, 2.05) is 30.3 Å². The van der Waals surface area contributed by atoms with Crippen LogP contribution in [0.4, 0.5) is 0 Å². The van der Waals surface area contributed by atoms with Crippen LogP contribution < -0.4 is 10.1 Å². The van der Waals surface area contributed by atoms with E-state index in [0.29, 0.717) is 16.0 Å². The quantitative estimate of drug-likeness (QED) is 0.619. The first-order valence-electron chi connectivity index (χ1n) is 9.33. The van der Waals surface area contributed by atoms with Crippen molar-refractivity contribution in [3.63, 3.8) is 0 Å². The predicted molar refractivity (Wildman–Crippen MR) is 111 cm³/mol. The number of nitrogens with one attached hydrogen (secondary N) is 1. The Morgan fingerprint density at radius 1 is 1.22 bits per heavy atom. The van der Waals surface area contributed by atoms with E-state index in [4.69, 9.17) is 4.74 Å². The van der Waals surface area contributed by atoms with Crippen LogP contribution in [0.5, 0.6) is 5.75 Å². The van der Waals surface area contributed by atoms with Crippen molar-refractivity contribution in [2.75, 3.05) is 7.11 Å². The summed E-state index contributed by atoms with van der Waals surface area (Å²) < 4.78 is 5.16. The number of rotatable bonds is 3. The second-order valence-electron chi connectivity index (χ2n) is 8.28. The number of hydrogen-bond acceptors (Lipinski definition) is 5. The minimum Gasteiger partial charge on any atom is -0.497 e. The third-order valence-electron chi connectivity index (χ3n) is 6.84. The van der Waals surface area contributed by atoms with Gasteiger partial charge in [-0.15, -0.1) is 5.10 Å². The maximum Gasteiger partial charge on any atom is 0.264 e. The van der Waals surface area contributed by atoms with Gasteiger partial charge >= 0.3 is 0 Å². The summed E-state index contributed by atoms with van der Waals surface area (Å²) in [5.41, 5.74) is 2.52. The Kier molecular flexibility index (Phi) is 4.41. The Balaban J connectivity index is 1.52. The van der Waals surface area contributed by atoms with Gasteiger partial charge in [0.15, 0.2) is 5.17 Å². The average Bonchev–Trinajstić information content (AvgIpc) is 3.17. The van der Waals surface area contributed by atoms with Gasteiger partial charge in [0, 0.05) is 11.1 Å². The summed E-state index contributed by atoms with van der Waals surface area (Å²) in [7, 11) is 1.63. The van der Waals surface area contributed by atoms with Crippen LogP contribution >= 0.6 is 11.8 Å². The minimum atomic E-state index is -0.130. The largest absolute Gasteiger partial charge is 0.497 e. The number of ether oxygens (including phenoxy) is 1. The van der Waals surface area contributed by atoms with Crippen molar-refractivity contribution in [2.24, 2.45) is 27.0 Å². The van der Waals surface area contributed by atoms with Gasteiger partial charge in [0.05, 0.1) is 12.0 Å². The maximum absolute atomic E-state index is 12.2. The lowest BCUT2D eigenvalue weighted by Gasteiger charge is -2.34. The normalized spacial score (nSPS) is 33.3. The molecule has 0 spiro atoms. The van der Waals surface area contributed by atoms with Gasteiger partial charge in [0.1, 0.15) is 5.75 Å². The molecule has 2 saturated carbocycles. The summed E-state index contributed by atoms with van der Waals surface area (Å²) in [5.74, 6) is 1.35. The first-order chi connectivity index (χ1) is 12.8. The van der Waals surface area contributed by atoms with Crippen molar-refractivity contribution in [1.82, 2.24) is 5.32 Å². The highest BCUT2D eigenvalue weighted by molar-refractivity contribution is 8.18. The Morgan fingerprint density at radius 2 is 1.96 bits per heavy atom. The molecule has 1 saturated heterocycles. The molecule has 1 N–H and O–H groups in total. The number of methoxy groups -OCH3 is 1. The first-order valence-corrected chi connectivity index (χ1v) is 10.1. The molecule has 1 aliphatic heterocycles. The van der Waals surface area contributed by atoms with Crippen LogP contribution in [0.15, 0.2) is 39.4 Å². The van der Waals surface area contributed by atoms with E-state index in [2.05, 4.69) is 36.3 Å². The fourth-order valence-electron chi connectivity index (χ4n) is 4.51. The number of nitrogens with zero attached hydrogens (tertiary/aromatic N) is 2. The molecule has 1 amide bonds. The van der Waals surface area contributed by atoms with Crippen LogP contribution in [0.1, 0.15) is 45.6 Å². The maximum atomic E-state index is 12.2. The molecule has 4 rings (SSSR count). The number of hydrogen-bond donors (Lipinski definition) is 1. The molecule has 0 radical (unpaired) electrons. The summed E-state index contributed by atoms with van der Waals surface area (Å²) in [6.45, 7) is 7.01. The molecule has 2 bridgehead atoms. The smallest absolute Gasteiger partial charge is 0.264 e. The number of amides is 1. The lowest BCUT2D eigenvalue weighted by molar-refractivity contribution is -0.115. The molecule has 3 aliphatic rings. The number of carbonyl (C=O) groups excluding carboxylic acids is 1. The number of amidine groups is 1. The number of thioether (sulfide) groups is 1. The second kappa shape index (κ2) is 6.51. The van der Waals surface area contributed by atoms with Crippen molar-refractivity contribution in [1.29, 1.82) is 0 Å². The summed E-state index contributed by atoms with van der Waals surface area (Å²) in [6, 6.07) is 7.60. The van der Waals surface area contributed by atoms with Crippen LogP contribution in [0.25, 0.3) is 6.08 Å². The molecule has 1 aromatic carbocycles. The van der Waals surface area contributed by atoms with Gasteiger partial charge in [-0.3, -0.25) is 10.1 Å². The highest BCUT2D eigenvalue weighted by Crippen LogP contribution is 2.64. The fraction of sp³-hybridized carbons (Fsp3) is 0.476. The van der Waals surface area contributed by atoms with Gasteiger partial charge in [0.25, 0.3) is 5.91 Å².